The van der Waals surface area contributed by atoms with Crippen molar-refractivity contribution in [3.05, 3.63) is 30.1 Å². The quantitative estimate of drug-likeness (QED) is 0.833. The van der Waals surface area contributed by atoms with Crippen LogP contribution in [0.25, 0.3) is 0 Å². The Hall–Kier alpha value is -1.91. The topological polar surface area (TPSA) is 68.3 Å². The van der Waals surface area contributed by atoms with Gasteiger partial charge in [-0.15, -0.1) is 0 Å². The Balaban J connectivity index is 2.85. The van der Waals surface area contributed by atoms with Gasteiger partial charge in [0.25, 0.3) is 0 Å². The summed E-state index contributed by atoms with van der Waals surface area (Å²) in [5, 5.41) is 2.55. The number of alkyl carbamates (subject to hydrolysis) is 1. The minimum Gasteiger partial charge on any atom is -0.444 e. The molecule has 1 rings (SSSR count). The maximum absolute atomic E-state index is 11.7. The Kier molecular flexibility index (Phi) is 4.06. The lowest BCUT2D eigenvalue weighted by Crippen LogP contribution is -2.47. The third kappa shape index (κ3) is 3.84. The minimum atomic E-state index is -1.14. The highest BCUT2D eigenvalue weighted by Gasteiger charge is 2.30. The SMILES string of the molecule is CC(C)(C)OC(=O)NC(C)(C=O)c1cccnc1. The fourth-order valence-corrected chi connectivity index (χ4v) is 1.36. The number of aromatic nitrogens is 1. The molecule has 0 aliphatic carbocycles. The van der Waals surface area contributed by atoms with Gasteiger partial charge in [0.1, 0.15) is 17.4 Å². The molecule has 1 unspecified atom stereocenters. The van der Waals surface area contributed by atoms with E-state index in [1.807, 2.05) is 0 Å². The Morgan fingerprint density at radius 3 is 2.50 bits per heavy atom. The van der Waals surface area contributed by atoms with Crippen molar-refractivity contribution in [1.29, 1.82) is 0 Å². The minimum absolute atomic E-state index is 0.603. The highest BCUT2D eigenvalue weighted by molar-refractivity contribution is 5.77. The second kappa shape index (κ2) is 5.16. The Morgan fingerprint density at radius 2 is 2.06 bits per heavy atom. The predicted molar refractivity (Wildman–Crippen MR) is 67.0 cm³/mol. The molecule has 0 radical (unpaired) electrons. The Bertz CT molecular complexity index is 426. The molecular formula is C13H18N2O3. The van der Waals surface area contributed by atoms with Crippen molar-refractivity contribution in [2.45, 2.75) is 38.8 Å². The molecule has 0 saturated heterocycles. The molecule has 1 aromatic heterocycles. The summed E-state index contributed by atoms with van der Waals surface area (Å²) in [5.41, 5.74) is -1.15. The first kappa shape index (κ1) is 14.2. The van der Waals surface area contributed by atoms with E-state index >= 15 is 0 Å². The van der Waals surface area contributed by atoms with E-state index in [0.29, 0.717) is 11.8 Å². The normalized spacial score (nSPS) is 14.4. The van der Waals surface area contributed by atoms with Crippen LogP contribution in [0.1, 0.15) is 33.3 Å². The number of hydrogen-bond donors (Lipinski definition) is 1. The lowest BCUT2D eigenvalue weighted by molar-refractivity contribution is -0.113. The second-order valence-corrected chi connectivity index (χ2v) is 5.19. The third-order valence-corrected chi connectivity index (χ3v) is 2.26. The third-order valence-electron chi connectivity index (χ3n) is 2.26. The average Bonchev–Trinajstić information content (AvgIpc) is 2.27. The number of carbonyl (C=O) groups is 2. The standard InChI is InChI=1S/C13H18N2O3/c1-12(2,3)18-11(17)15-13(4,9-16)10-6-5-7-14-8-10/h5-9H,1-4H3,(H,15,17). The van der Waals surface area contributed by atoms with Crippen molar-refractivity contribution in [3.8, 4) is 0 Å². The summed E-state index contributed by atoms with van der Waals surface area (Å²) < 4.78 is 5.13. The van der Waals surface area contributed by atoms with E-state index in [-0.39, 0.29) is 0 Å². The zero-order chi connectivity index (χ0) is 13.8. The van der Waals surface area contributed by atoms with Crippen LogP contribution in [-0.4, -0.2) is 23.0 Å². The first-order chi connectivity index (χ1) is 8.27. The molecule has 18 heavy (non-hydrogen) atoms. The van der Waals surface area contributed by atoms with Gasteiger partial charge in [-0.1, -0.05) is 6.07 Å². The fourth-order valence-electron chi connectivity index (χ4n) is 1.36. The van der Waals surface area contributed by atoms with Gasteiger partial charge in [-0.05, 0) is 33.8 Å². The first-order valence-corrected chi connectivity index (χ1v) is 5.65. The van der Waals surface area contributed by atoms with Gasteiger partial charge >= 0.3 is 6.09 Å². The zero-order valence-electron chi connectivity index (χ0n) is 11.1. The van der Waals surface area contributed by atoms with E-state index < -0.39 is 17.2 Å². The fraction of sp³-hybridized carbons (Fsp3) is 0.462. The lowest BCUT2D eigenvalue weighted by atomic mass is 9.96. The van der Waals surface area contributed by atoms with Gasteiger partial charge in [-0.25, -0.2) is 4.79 Å². The molecule has 1 atom stereocenters. The molecule has 0 fully saturated rings. The lowest BCUT2D eigenvalue weighted by Gasteiger charge is -2.27. The Labute approximate surface area is 107 Å². The number of aldehydes is 1. The van der Waals surface area contributed by atoms with Crippen LogP contribution in [-0.2, 0) is 15.1 Å². The molecule has 0 aliphatic heterocycles. The number of ether oxygens (including phenoxy) is 1. The zero-order valence-corrected chi connectivity index (χ0v) is 11.1. The summed E-state index contributed by atoms with van der Waals surface area (Å²) in [6.45, 7) is 6.87. The average molecular weight is 250 g/mol. The summed E-state index contributed by atoms with van der Waals surface area (Å²) in [4.78, 5) is 26.9. The van der Waals surface area contributed by atoms with Gasteiger partial charge in [0.05, 0.1) is 0 Å². The number of carbonyl (C=O) groups excluding carboxylic acids is 2. The molecule has 5 nitrogen and oxygen atoms in total. The summed E-state index contributed by atoms with van der Waals surface area (Å²) in [5.74, 6) is 0. The maximum atomic E-state index is 11.7. The van der Waals surface area contributed by atoms with E-state index in [1.165, 1.54) is 6.20 Å². The van der Waals surface area contributed by atoms with Crippen LogP contribution in [0.5, 0.6) is 0 Å². The van der Waals surface area contributed by atoms with E-state index in [2.05, 4.69) is 10.3 Å². The van der Waals surface area contributed by atoms with E-state index in [9.17, 15) is 9.59 Å². The van der Waals surface area contributed by atoms with Gasteiger partial charge < -0.3 is 14.8 Å². The van der Waals surface area contributed by atoms with Crippen LogP contribution < -0.4 is 5.32 Å². The van der Waals surface area contributed by atoms with Gasteiger partial charge in [-0.2, -0.15) is 0 Å². The van der Waals surface area contributed by atoms with Crippen LogP contribution >= 0.6 is 0 Å². The number of amides is 1. The molecular weight excluding hydrogens is 232 g/mol. The molecule has 0 aromatic carbocycles. The van der Waals surface area contributed by atoms with E-state index in [1.54, 1.807) is 46.0 Å². The Morgan fingerprint density at radius 1 is 1.39 bits per heavy atom. The van der Waals surface area contributed by atoms with Crippen molar-refractivity contribution < 1.29 is 14.3 Å². The summed E-state index contributed by atoms with van der Waals surface area (Å²) >= 11 is 0. The molecule has 98 valence electrons. The van der Waals surface area contributed by atoms with Gasteiger partial charge in [0.2, 0.25) is 0 Å². The molecule has 0 aliphatic rings. The second-order valence-electron chi connectivity index (χ2n) is 5.19. The highest BCUT2D eigenvalue weighted by atomic mass is 16.6. The van der Waals surface area contributed by atoms with Gasteiger partial charge in [-0.3, -0.25) is 4.98 Å². The summed E-state index contributed by atoms with van der Waals surface area (Å²) in [7, 11) is 0. The van der Waals surface area contributed by atoms with Crippen LogP contribution in [0, 0.1) is 0 Å². The molecule has 1 heterocycles. The first-order valence-electron chi connectivity index (χ1n) is 5.65. The highest BCUT2D eigenvalue weighted by Crippen LogP contribution is 2.18. The number of rotatable bonds is 3. The smallest absolute Gasteiger partial charge is 0.408 e. The van der Waals surface area contributed by atoms with Crippen molar-refractivity contribution in [1.82, 2.24) is 10.3 Å². The van der Waals surface area contributed by atoms with Crippen LogP contribution in [0.4, 0.5) is 4.79 Å². The molecule has 0 spiro atoms. The summed E-state index contributed by atoms with van der Waals surface area (Å²) in [6, 6.07) is 3.42. The number of hydrogen-bond acceptors (Lipinski definition) is 4. The van der Waals surface area contributed by atoms with Crippen molar-refractivity contribution in [2.75, 3.05) is 0 Å². The molecule has 0 saturated carbocycles. The van der Waals surface area contributed by atoms with Crippen LogP contribution in [0.3, 0.4) is 0 Å². The molecule has 0 bridgehead atoms. The van der Waals surface area contributed by atoms with Gasteiger partial charge in [0, 0.05) is 18.0 Å². The maximum Gasteiger partial charge on any atom is 0.408 e. The monoisotopic (exact) mass is 250 g/mol. The molecule has 1 aromatic rings. The van der Waals surface area contributed by atoms with E-state index in [4.69, 9.17) is 4.74 Å². The van der Waals surface area contributed by atoms with Crippen molar-refractivity contribution in [3.63, 3.8) is 0 Å². The van der Waals surface area contributed by atoms with Gasteiger partial charge in [0.15, 0.2) is 0 Å². The number of nitrogens with zero attached hydrogens (tertiary/aromatic N) is 1. The van der Waals surface area contributed by atoms with Crippen molar-refractivity contribution in [2.24, 2.45) is 0 Å². The van der Waals surface area contributed by atoms with E-state index in [0.717, 1.165) is 0 Å². The molecule has 1 N–H and O–H groups in total. The molecule has 1 amide bonds. The molecule has 5 heteroatoms. The number of nitrogens with one attached hydrogen (secondary N) is 1. The summed E-state index contributed by atoms with van der Waals surface area (Å²) in [6.07, 6.45) is 3.16. The predicted octanol–water partition coefficient (Wildman–Crippen LogP) is 2.02. The number of pyridine rings is 1. The van der Waals surface area contributed by atoms with Crippen LogP contribution in [0.15, 0.2) is 24.5 Å². The van der Waals surface area contributed by atoms with Crippen molar-refractivity contribution >= 4 is 12.4 Å². The van der Waals surface area contributed by atoms with Crippen LogP contribution in [0.2, 0.25) is 0 Å². The largest absolute Gasteiger partial charge is 0.444 e.